The molecule has 0 saturated carbocycles. The number of thiazole rings is 1. The fourth-order valence-electron chi connectivity index (χ4n) is 3.01. The lowest BCUT2D eigenvalue weighted by molar-refractivity contribution is 0.571. The Morgan fingerprint density at radius 3 is 2.78 bits per heavy atom. The van der Waals surface area contributed by atoms with E-state index in [0.717, 1.165) is 11.0 Å². The van der Waals surface area contributed by atoms with Gasteiger partial charge in [-0.2, -0.15) is 0 Å². The van der Waals surface area contributed by atoms with E-state index >= 15 is 0 Å². The van der Waals surface area contributed by atoms with Gasteiger partial charge in [0.05, 0.1) is 21.1 Å². The third-order valence-corrected chi connectivity index (χ3v) is 6.05. The van der Waals surface area contributed by atoms with Gasteiger partial charge in [0.1, 0.15) is 16.1 Å². The van der Waals surface area contributed by atoms with Crippen molar-refractivity contribution in [2.75, 3.05) is 0 Å². The Morgan fingerprint density at radius 2 is 1.89 bits per heavy atom. The Morgan fingerprint density at radius 1 is 1.04 bits per heavy atom. The predicted octanol–water partition coefficient (Wildman–Crippen LogP) is 5.02. The van der Waals surface area contributed by atoms with E-state index in [1.807, 2.05) is 42.5 Å². The van der Waals surface area contributed by atoms with Crippen LogP contribution in [-0.2, 0) is 0 Å². The molecule has 7 heteroatoms. The fourth-order valence-corrected chi connectivity index (χ4v) is 4.37. The molecule has 0 radical (unpaired) electrons. The maximum absolute atomic E-state index is 12.8. The van der Waals surface area contributed by atoms with E-state index in [0.29, 0.717) is 36.6 Å². The molecule has 0 amide bonds. The third kappa shape index (κ3) is 2.67. The highest BCUT2D eigenvalue weighted by atomic mass is 35.5. The standard InChI is InChI=1S/C20H10Cl2N2O2S/c21-13-5-3-4-12(18(13)22)16-9-8-11(26-16)10-17-19(25)24-15-7-2-1-6-14(15)23-20(24)27-17/h1-10H/b17-10-. The van der Waals surface area contributed by atoms with E-state index in [1.165, 1.54) is 11.3 Å². The fraction of sp³-hybridized carbons (Fsp3) is 0. The Labute approximate surface area is 166 Å². The number of fused-ring (bicyclic) bond motifs is 3. The molecular formula is C20H10Cl2N2O2S. The molecule has 0 N–H and O–H groups in total. The van der Waals surface area contributed by atoms with Gasteiger partial charge >= 0.3 is 0 Å². The summed E-state index contributed by atoms with van der Waals surface area (Å²) in [6.07, 6.45) is 1.72. The van der Waals surface area contributed by atoms with Crippen LogP contribution in [-0.4, -0.2) is 9.38 Å². The van der Waals surface area contributed by atoms with Crippen molar-refractivity contribution in [3.05, 3.63) is 85.3 Å². The molecule has 0 bridgehead atoms. The number of furan rings is 1. The van der Waals surface area contributed by atoms with E-state index < -0.39 is 0 Å². The molecule has 0 fully saturated rings. The Hall–Kier alpha value is -2.60. The summed E-state index contributed by atoms with van der Waals surface area (Å²) in [5.41, 5.74) is 2.21. The van der Waals surface area contributed by atoms with Crippen LogP contribution in [0.15, 0.2) is 63.8 Å². The minimum atomic E-state index is -0.109. The van der Waals surface area contributed by atoms with E-state index in [1.54, 1.807) is 22.6 Å². The van der Waals surface area contributed by atoms with Gasteiger partial charge in [0.15, 0.2) is 4.96 Å². The van der Waals surface area contributed by atoms with Crippen LogP contribution >= 0.6 is 34.5 Å². The van der Waals surface area contributed by atoms with Gasteiger partial charge in [-0.15, -0.1) is 0 Å². The van der Waals surface area contributed by atoms with Crippen molar-refractivity contribution < 1.29 is 4.42 Å². The number of aromatic nitrogens is 2. The topological polar surface area (TPSA) is 47.5 Å². The molecule has 5 aromatic rings. The molecule has 3 heterocycles. The first-order chi connectivity index (χ1) is 13.1. The number of para-hydroxylation sites is 2. The first kappa shape index (κ1) is 16.6. The molecule has 5 rings (SSSR count). The second kappa shape index (κ2) is 6.23. The zero-order chi connectivity index (χ0) is 18.5. The molecule has 3 aromatic heterocycles. The zero-order valence-electron chi connectivity index (χ0n) is 13.6. The van der Waals surface area contributed by atoms with Crippen LogP contribution in [0.25, 0.3) is 33.4 Å². The number of hydrogen-bond donors (Lipinski definition) is 0. The monoisotopic (exact) mass is 412 g/mol. The van der Waals surface area contributed by atoms with Gasteiger partial charge in [0.25, 0.3) is 5.56 Å². The molecule has 0 spiro atoms. The van der Waals surface area contributed by atoms with Crippen molar-refractivity contribution >= 4 is 56.6 Å². The molecule has 0 aliphatic rings. The highest BCUT2D eigenvalue weighted by molar-refractivity contribution is 7.15. The number of halogens is 2. The number of hydrogen-bond acceptors (Lipinski definition) is 4. The molecule has 4 nitrogen and oxygen atoms in total. The smallest absolute Gasteiger partial charge is 0.275 e. The number of rotatable bonds is 2. The lowest BCUT2D eigenvalue weighted by atomic mass is 10.2. The quantitative estimate of drug-likeness (QED) is 0.408. The number of nitrogens with zero attached hydrogens (tertiary/aromatic N) is 2. The lowest BCUT2D eigenvalue weighted by Gasteiger charge is -2.01. The van der Waals surface area contributed by atoms with Crippen LogP contribution < -0.4 is 10.1 Å². The van der Waals surface area contributed by atoms with Crippen LogP contribution in [0.2, 0.25) is 10.0 Å². The van der Waals surface area contributed by atoms with Gasteiger partial charge < -0.3 is 4.42 Å². The van der Waals surface area contributed by atoms with E-state index in [-0.39, 0.29) is 5.56 Å². The van der Waals surface area contributed by atoms with Crippen molar-refractivity contribution in [3.63, 3.8) is 0 Å². The summed E-state index contributed by atoms with van der Waals surface area (Å²) in [7, 11) is 0. The third-order valence-electron chi connectivity index (χ3n) is 4.26. The highest BCUT2D eigenvalue weighted by Gasteiger charge is 2.13. The predicted molar refractivity (Wildman–Crippen MR) is 110 cm³/mol. The van der Waals surface area contributed by atoms with Crippen molar-refractivity contribution in [2.24, 2.45) is 0 Å². The summed E-state index contributed by atoms with van der Waals surface area (Å²) in [6.45, 7) is 0. The van der Waals surface area contributed by atoms with Gasteiger partial charge in [-0.1, -0.05) is 52.7 Å². The first-order valence-corrected chi connectivity index (χ1v) is 9.65. The SMILES string of the molecule is O=c1/c(=C/c2ccc(-c3cccc(Cl)c3Cl)o2)sc2nc3ccccc3n12. The summed E-state index contributed by atoms with van der Waals surface area (Å²) in [6, 6.07) is 16.6. The summed E-state index contributed by atoms with van der Waals surface area (Å²) >= 11 is 13.7. The minimum absolute atomic E-state index is 0.109. The summed E-state index contributed by atoms with van der Waals surface area (Å²) in [5, 5.41) is 0.898. The van der Waals surface area contributed by atoms with Crippen molar-refractivity contribution in [1.82, 2.24) is 9.38 Å². The van der Waals surface area contributed by atoms with Crippen molar-refractivity contribution in [3.8, 4) is 11.3 Å². The average Bonchev–Trinajstić information content (AvgIpc) is 3.34. The largest absolute Gasteiger partial charge is 0.457 e. The van der Waals surface area contributed by atoms with Gasteiger partial charge in [-0.05, 0) is 36.4 Å². The van der Waals surface area contributed by atoms with E-state index in [2.05, 4.69) is 4.98 Å². The Kier molecular flexibility index (Phi) is 3.82. The van der Waals surface area contributed by atoms with Gasteiger partial charge in [-0.3, -0.25) is 4.79 Å². The van der Waals surface area contributed by atoms with E-state index in [9.17, 15) is 4.79 Å². The molecule has 0 saturated heterocycles. The maximum Gasteiger partial charge on any atom is 0.275 e. The van der Waals surface area contributed by atoms with Gasteiger partial charge in [0, 0.05) is 11.6 Å². The molecular weight excluding hydrogens is 403 g/mol. The van der Waals surface area contributed by atoms with Gasteiger partial charge in [-0.25, -0.2) is 9.38 Å². The number of imidazole rings is 1. The van der Waals surface area contributed by atoms with Crippen LogP contribution in [0.4, 0.5) is 0 Å². The first-order valence-electron chi connectivity index (χ1n) is 8.08. The summed E-state index contributed by atoms with van der Waals surface area (Å²) in [5.74, 6) is 1.15. The molecule has 0 aliphatic heterocycles. The van der Waals surface area contributed by atoms with Crippen LogP contribution in [0, 0.1) is 0 Å². The molecule has 132 valence electrons. The highest BCUT2D eigenvalue weighted by Crippen LogP contribution is 2.34. The molecule has 27 heavy (non-hydrogen) atoms. The minimum Gasteiger partial charge on any atom is -0.457 e. The van der Waals surface area contributed by atoms with E-state index in [4.69, 9.17) is 27.6 Å². The Bertz CT molecular complexity index is 1430. The number of benzene rings is 2. The lowest BCUT2D eigenvalue weighted by Crippen LogP contribution is -2.22. The molecule has 0 atom stereocenters. The second-order valence-electron chi connectivity index (χ2n) is 5.94. The second-order valence-corrected chi connectivity index (χ2v) is 7.73. The van der Waals surface area contributed by atoms with Gasteiger partial charge in [0.2, 0.25) is 0 Å². The molecule has 0 aliphatic carbocycles. The van der Waals surface area contributed by atoms with Crippen molar-refractivity contribution in [1.29, 1.82) is 0 Å². The summed E-state index contributed by atoms with van der Waals surface area (Å²) in [4.78, 5) is 18.0. The summed E-state index contributed by atoms with van der Waals surface area (Å²) < 4.78 is 8.05. The molecule has 0 unspecified atom stereocenters. The molecule has 2 aromatic carbocycles. The zero-order valence-corrected chi connectivity index (χ0v) is 16.0. The maximum atomic E-state index is 12.8. The van der Waals surface area contributed by atoms with Crippen LogP contribution in [0.1, 0.15) is 5.76 Å². The van der Waals surface area contributed by atoms with Crippen molar-refractivity contribution in [2.45, 2.75) is 0 Å². The van der Waals surface area contributed by atoms with Crippen LogP contribution in [0.3, 0.4) is 0 Å². The Balaban J connectivity index is 1.64. The normalized spacial score (nSPS) is 12.4. The van der Waals surface area contributed by atoms with Crippen LogP contribution in [0.5, 0.6) is 0 Å². The average molecular weight is 413 g/mol.